The zero-order valence-electron chi connectivity index (χ0n) is 13.7. The summed E-state index contributed by atoms with van der Waals surface area (Å²) in [4.78, 5) is 24.9. The van der Waals surface area contributed by atoms with E-state index in [1.807, 2.05) is 38.1 Å². The molecular formula is C19H23NO2. The van der Waals surface area contributed by atoms with Gasteiger partial charge in [0, 0.05) is 22.8 Å². The molecule has 0 aromatic heterocycles. The molecule has 1 aromatic rings. The van der Waals surface area contributed by atoms with Gasteiger partial charge in [0.2, 0.25) is 5.91 Å². The lowest BCUT2D eigenvalue weighted by atomic mass is 9.70. The second kappa shape index (κ2) is 4.80. The molecule has 2 fully saturated rings. The molecule has 0 aliphatic heterocycles. The number of benzene rings is 1. The molecule has 2 aliphatic rings. The molecule has 2 atom stereocenters. The number of anilines is 1. The second-order valence-electron chi connectivity index (χ2n) is 7.43. The van der Waals surface area contributed by atoms with Gasteiger partial charge in [0.15, 0.2) is 5.78 Å². The molecular weight excluding hydrogens is 274 g/mol. The van der Waals surface area contributed by atoms with Crippen molar-refractivity contribution in [2.45, 2.75) is 40.5 Å². The number of carbonyl (C=O) groups excluding carboxylic acids is 2. The molecule has 1 aromatic carbocycles. The Morgan fingerprint density at radius 3 is 2.41 bits per heavy atom. The Bertz CT molecular complexity index is 669. The van der Waals surface area contributed by atoms with Crippen molar-refractivity contribution in [1.82, 2.24) is 0 Å². The minimum absolute atomic E-state index is 0.0555. The van der Waals surface area contributed by atoms with Crippen LogP contribution in [-0.4, -0.2) is 11.7 Å². The quantitative estimate of drug-likeness (QED) is 0.842. The second-order valence-corrected chi connectivity index (χ2v) is 7.43. The van der Waals surface area contributed by atoms with Crippen LogP contribution in [0.2, 0.25) is 0 Å². The number of allylic oxidation sites excluding steroid dienone is 1. The number of amides is 1. The van der Waals surface area contributed by atoms with Gasteiger partial charge in [-0.3, -0.25) is 9.59 Å². The molecule has 0 heterocycles. The minimum atomic E-state index is -0.312. The van der Waals surface area contributed by atoms with Crippen molar-refractivity contribution in [1.29, 1.82) is 0 Å². The van der Waals surface area contributed by atoms with Gasteiger partial charge < -0.3 is 5.32 Å². The van der Waals surface area contributed by atoms with Crippen molar-refractivity contribution < 1.29 is 9.59 Å². The van der Waals surface area contributed by atoms with Gasteiger partial charge in [-0.15, -0.1) is 0 Å². The minimum Gasteiger partial charge on any atom is -0.323 e. The summed E-state index contributed by atoms with van der Waals surface area (Å²) >= 11 is 0. The first-order valence-corrected chi connectivity index (χ1v) is 7.90. The highest BCUT2D eigenvalue weighted by Crippen LogP contribution is 2.65. The molecule has 2 bridgehead atoms. The average molecular weight is 297 g/mol. The van der Waals surface area contributed by atoms with Crippen LogP contribution in [0.1, 0.15) is 39.2 Å². The Hall–Kier alpha value is -1.90. The van der Waals surface area contributed by atoms with Gasteiger partial charge in [-0.2, -0.15) is 0 Å². The van der Waals surface area contributed by atoms with Crippen LogP contribution in [0.3, 0.4) is 0 Å². The van der Waals surface area contributed by atoms with Crippen molar-refractivity contribution in [3.05, 3.63) is 41.5 Å². The molecule has 0 radical (unpaired) electrons. The van der Waals surface area contributed by atoms with Crippen LogP contribution in [-0.2, 0) is 9.59 Å². The molecule has 2 saturated carbocycles. The highest BCUT2D eigenvalue weighted by Gasteiger charge is 2.63. The Morgan fingerprint density at radius 2 is 1.86 bits per heavy atom. The number of hydrogen-bond acceptors (Lipinski definition) is 2. The first kappa shape index (κ1) is 15.0. The molecule has 3 nitrogen and oxygen atoms in total. The maximum atomic E-state index is 12.7. The monoisotopic (exact) mass is 297 g/mol. The van der Waals surface area contributed by atoms with E-state index in [4.69, 9.17) is 0 Å². The van der Waals surface area contributed by atoms with E-state index in [1.54, 1.807) is 0 Å². The van der Waals surface area contributed by atoms with E-state index in [2.05, 4.69) is 19.2 Å². The lowest BCUT2D eigenvalue weighted by Gasteiger charge is -2.31. The third kappa shape index (κ3) is 2.03. The number of Topliss-reactive ketones (excluding diaryl/α,β-unsaturated/α-hetero) is 1. The number of aryl methyl sites for hydroxylation is 1. The SMILES string of the molecule is Cc1ccc(NC(=O)/C=C2\C(=O)[C@]3(C)CC[C@H]2C3(C)C)cc1. The summed E-state index contributed by atoms with van der Waals surface area (Å²) in [5.41, 5.74) is 2.25. The normalized spacial score (nSPS) is 30.8. The molecule has 116 valence electrons. The van der Waals surface area contributed by atoms with Crippen LogP contribution in [0.4, 0.5) is 5.69 Å². The van der Waals surface area contributed by atoms with E-state index in [0.717, 1.165) is 24.1 Å². The molecule has 0 spiro atoms. The number of nitrogens with one attached hydrogen (secondary N) is 1. The molecule has 1 amide bonds. The average Bonchev–Trinajstić information content (AvgIpc) is 2.76. The van der Waals surface area contributed by atoms with Crippen LogP contribution in [0.25, 0.3) is 0 Å². The lowest BCUT2D eigenvalue weighted by Crippen LogP contribution is -2.32. The Kier molecular flexibility index (Phi) is 3.28. The van der Waals surface area contributed by atoms with Crippen LogP contribution in [0.5, 0.6) is 0 Å². The number of fused-ring (bicyclic) bond motifs is 2. The van der Waals surface area contributed by atoms with Gasteiger partial charge in [-0.1, -0.05) is 38.5 Å². The first-order chi connectivity index (χ1) is 10.3. The van der Waals surface area contributed by atoms with Crippen molar-refractivity contribution in [3.63, 3.8) is 0 Å². The Morgan fingerprint density at radius 1 is 1.23 bits per heavy atom. The molecule has 2 aliphatic carbocycles. The summed E-state index contributed by atoms with van der Waals surface area (Å²) in [6.07, 6.45) is 3.46. The van der Waals surface area contributed by atoms with Gasteiger partial charge in [0.05, 0.1) is 0 Å². The molecule has 3 rings (SSSR count). The standard InChI is InChI=1S/C19H23NO2/c1-12-5-7-13(8-6-12)20-16(21)11-14-15-9-10-19(4,17(14)22)18(15,2)3/h5-8,11,15H,9-10H2,1-4H3,(H,20,21)/b14-11-/t15-,19+/m1/s1. The summed E-state index contributed by atoms with van der Waals surface area (Å²) in [5, 5.41) is 2.85. The third-order valence-electron chi connectivity index (χ3n) is 5.97. The third-order valence-corrected chi connectivity index (χ3v) is 5.97. The summed E-state index contributed by atoms with van der Waals surface area (Å²) < 4.78 is 0. The van der Waals surface area contributed by atoms with E-state index >= 15 is 0 Å². The number of ketones is 1. The van der Waals surface area contributed by atoms with Crippen molar-refractivity contribution >= 4 is 17.4 Å². The van der Waals surface area contributed by atoms with Crippen LogP contribution in [0, 0.1) is 23.7 Å². The van der Waals surface area contributed by atoms with E-state index < -0.39 is 0 Å². The van der Waals surface area contributed by atoms with Crippen LogP contribution < -0.4 is 5.32 Å². The highest BCUT2D eigenvalue weighted by atomic mass is 16.2. The topological polar surface area (TPSA) is 46.2 Å². The number of rotatable bonds is 2. The predicted molar refractivity (Wildman–Crippen MR) is 87.5 cm³/mol. The van der Waals surface area contributed by atoms with Crippen molar-refractivity contribution in [2.75, 3.05) is 5.32 Å². The predicted octanol–water partition coefficient (Wildman–Crippen LogP) is 3.89. The van der Waals surface area contributed by atoms with Gasteiger partial charge in [-0.05, 0) is 43.2 Å². The lowest BCUT2D eigenvalue weighted by molar-refractivity contribution is -0.125. The summed E-state index contributed by atoms with van der Waals surface area (Å²) in [6, 6.07) is 7.66. The Labute approximate surface area is 131 Å². The zero-order valence-corrected chi connectivity index (χ0v) is 13.7. The summed E-state index contributed by atoms with van der Waals surface area (Å²) in [7, 11) is 0. The van der Waals surface area contributed by atoms with E-state index in [1.165, 1.54) is 6.08 Å². The summed E-state index contributed by atoms with van der Waals surface area (Å²) in [6.45, 7) is 8.36. The van der Waals surface area contributed by atoms with E-state index in [0.29, 0.717) is 5.57 Å². The van der Waals surface area contributed by atoms with Gasteiger partial charge in [-0.25, -0.2) is 0 Å². The smallest absolute Gasteiger partial charge is 0.248 e. The van der Waals surface area contributed by atoms with Gasteiger partial charge in [0.25, 0.3) is 0 Å². The van der Waals surface area contributed by atoms with Crippen molar-refractivity contribution in [3.8, 4) is 0 Å². The molecule has 0 saturated heterocycles. The molecule has 0 unspecified atom stereocenters. The first-order valence-electron chi connectivity index (χ1n) is 7.90. The maximum Gasteiger partial charge on any atom is 0.248 e. The van der Waals surface area contributed by atoms with Crippen molar-refractivity contribution in [2.24, 2.45) is 16.7 Å². The largest absolute Gasteiger partial charge is 0.323 e. The van der Waals surface area contributed by atoms with Crippen LogP contribution in [0.15, 0.2) is 35.9 Å². The molecule has 3 heteroatoms. The number of hydrogen-bond donors (Lipinski definition) is 1. The fraction of sp³-hybridized carbons (Fsp3) is 0.474. The highest BCUT2D eigenvalue weighted by molar-refractivity contribution is 6.11. The fourth-order valence-electron chi connectivity index (χ4n) is 4.05. The number of carbonyl (C=O) groups is 2. The Balaban J connectivity index is 1.82. The van der Waals surface area contributed by atoms with E-state index in [-0.39, 0.29) is 28.4 Å². The fourth-order valence-corrected chi connectivity index (χ4v) is 4.05. The van der Waals surface area contributed by atoms with Gasteiger partial charge in [0.1, 0.15) is 0 Å². The molecule has 22 heavy (non-hydrogen) atoms. The molecule has 1 N–H and O–H groups in total. The zero-order chi connectivity index (χ0) is 16.1. The van der Waals surface area contributed by atoms with Crippen LogP contribution >= 0.6 is 0 Å². The summed E-state index contributed by atoms with van der Waals surface area (Å²) in [5.74, 6) is 0.153. The maximum absolute atomic E-state index is 12.7. The van der Waals surface area contributed by atoms with E-state index in [9.17, 15) is 9.59 Å². The van der Waals surface area contributed by atoms with Gasteiger partial charge >= 0.3 is 0 Å².